The lowest BCUT2D eigenvalue weighted by Gasteiger charge is -2.13. The highest BCUT2D eigenvalue weighted by atomic mass is 16.6. The number of hydrogen-bond donors (Lipinski definition) is 1. The Kier molecular flexibility index (Phi) is 6.62. The number of aryl methyl sites for hydroxylation is 3. The number of benzene rings is 1. The molecule has 0 amide bonds. The van der Waals surface area contributed by atoms with Gasteiger partial charge in [-0.2, -0.15) is 0 Å². The summed E-state index contributed by atoms with van der Waals surface area (Å²) in [6.45, 7) is 8.34. The van der Waals surface area contributed by atoms with Crippen LogP contribution in [0.3, 0.4) is 0 Å². The molecule has 2 aromatic rings. The van der Waals surface area contributed by atoms with Crippen molar-refractivity contribution in [2.24, 2.45) is 0 Å². The number of carbonyl (C=O) groups excluding carboxylic acids is 3. The van der Waals surface area contributed by atoms with E-state index in [4.69, 9.17) is 14.2 Å². The van der Waals surface area contributed by atoms with Gasteiger partial charge in [0.1, 0.15) is 5.75 Å². The molecule has 150 valence electrons. The van der Waals surface area contributed by atoms with Crippen LogP contribution in [0.15, 0.2) is 18.2 Å². The zero-order chi connectivity index (χ0) is 21.0. The van der Waals surface area contributed by atoms with Gasteiger partial charge in [0.15, 0.2) is 12.7 Å². The first kappa shape index (κ1) is 21.2. The molecule has 1 heterocycles. The number of hydrogen-bond acceptors (Lipinski definition) is 6. The predicted molar refractivity (Wildman–Crippen MR) is 103 cm³/mol. The van der Waals surface area contributed by atoms with Crippen LogP contribution in [0.2, 0.25) is 0 Å². The van der Waals surface area contributed by atoms with Crippen LogP contribution in [0.5, 0.6) is 5.75 Å². The lowest BCUT2D eigenvalue weighted by Crippen LogP contribution is -2.28. The molecule has 7 heteroatoms. The zero-order valence-electron chi connectivity index (χ0n) is 17.0. The SMILES string of the molecule is COC(=O)c1c(C)[nH]c(C(=O)[C@@H](C)OC(=O)COc2cc(C)cc(C)c2)c1C. The van der Waals surface area contributed by atoms with E-state index in [2.05, 4.69) is 4.98 Å². The van der Waals surface area contributed by atoms with Crippen LogP contribution in [0, 0.1) is 27.7 Å². The first-order chi connectivity index (χ1) is 13.1. The van der Waals surface area contributed by atoms with Crippen molar-refractivity contribution in [2.75, 3.05) is 13.7 Å². The van der Waals surface area contributed by atoms with Gasteiger partial charge >= 0.3 is 11.9 Å². The number of nitrogens with one attached hydrogen (secondary N) is 1. The monoisotopic (exact) mass is 387 g/mol. The Labute approximate surface area is 164 Å². The average molecular weight is 387 g/mol. The minimum absolute atomic E-state index is 0.216. The smallest absolute Gasteiger partial charge is 0.344 e. The molecule has 0 radical (unpaired) electrons. The molecule has 1 atom stereocenters. The summed E-state index contributed by atoms with van der Waals surface area (Å²) < 4.78 is 15.4. The van der Waals surface area contributed by atoms with Crippen LogP contribution in [-0.2, 0) is 14.3 Å². The van der Waals surface area contributed by atoms with E-state index in [0.29, 0.717) is 22.6 Å². The third-order valence-corrected chi connectivity index (χ3v) is 4.30. The zero-order valence-corrected chi connectivity index (χ0v) is 17.0. The van der Waals surface area contributed by atoms with Gasteiger partial charge in [0.25, 0.3) is 0 Å². The molecule has 0 aliphatic rings. The Bertz CT molecular complexity index is 892. The molecule has 0 saturated heterocycles. The van der Waals surface area contributed by atoms with Crippen molar-refractivity contribution in [3.63, 3.8) is 0 Å². The van der Waals surface area contributed by atoms with Gasteiger partial charge in [-0.25, -0.2) is 9.59 Å². The third kappa shape index (κ3) is 4.79. The number of ether oxygens (including phenoxy) is 3. The van der Waals surface area contributed by atoms with Gasteiger partial charge in [-0.05, 0) is 63.4 Å². The van der Waals surface area contributed by atoms with Gasteiger partial charge < -0.3 is 19.2 Å². The summed E-state index contributed by atoms with van der Waals surface area (Å²) in [7, 11) is 1.27. The maximum Gasteiger partial charge on any atom is 0.344 e. The fraction of sp³-hybridized carbons (Fsp3) is 0.381. The molecule has 1 N–H and O–H groups in total. The number of ketones is 1. The Balaban J connectivity index is 2.02. The van der Waals surface area contributed by atoms with Crippen molar-refractivity contribution >= 4 is 17.7 Å². The normalized spacial score (nSPS) is 11.6. The number of H-pyrrole nitrogens is 1. The number of rotatable bonds is 7. The summed E-state index contributed by atoms with van der Waals surface area (Å²) in [4.78, 5) is 39.4. The molecule has 0 unspecified atom stereocenters. The Morgan fingerprint density at radius 1 is 1.04 bits per heavy atom. The van der Waals surface area contributed by atoms with Crippen molar-refractivity contribution in [1.29, 1.82) is 0 Å². The van der Waals surface area contributed by atoms with E-state index in [9.17, 15) is 14.4 Å². The molecule has 1 aromatic carbocycles. The van der Waals surface area contributed by atoms with Gasteiger partial charge in [0.2, 0.25) is 5.78 Å². The van der Waals surface area contributed by atoms with E-state index in [-0.39, 0.29) is 12.3 Å². The van der Waals surface area contributed by atoms with E-state index in [1.54, 1.807) is 13.8 Å². The lowest BCUT2D eigenvalue weighted by molar-refractivity contribution is -0.148. The fourth-order valence-corrected chi connectivity index (χ4v) is 3.05. The second kappa shape index (κ2) is 8.73. The quantitative estimate of drug-likeness (QED) is 0.579. The Hall–Kier alpha value is -3.09. The van der Waals surface area contributed by atoms with Crippen LogP contribution in [0.4, 0.5) is 0 Å². The molecule has 7 nitrogen and oxygen atoms in total. The van der Waals surface area contributed by atoms with Gasteiger partial charge in [-0.3, -0.25) is 4.79 Å². The molecule has 1 aromatic heterocycles. The molecule has 0 spiro atoms. The van der Waals surface area contributed by atoms with Crippen molar-refractivity contribution in [3.05, 3.63) is 51.8 Å². The van der Waals surface area contributed by atoms with Crippen LogP contribution in [0.1, 0.15) is 50.2 Å². The number of carbonyl (C=O) groups is 3. The van der Waals surface area contributed by atoms with E-state index >= 15 is 0 Å². The second-order valence-electron chi connectivity index (χ2n) is 6.73. The van der Waals surface area contributed by atoms with Crippen molar-refractivity contribution in [1.82, 2.24) is 4.98 Å². The number of methoxy groups -OCH3 is 1. The molecule has 0 bridgehead atoms. The van der Waals surface area contributed by atoms with E-state index in [1.165, 1.54) is 14.0 Å². The van der Waals surface area contributed by atoms with E-state index < -0.39 is 23.8 Å². The summed E-state index contributed by atoms with van der Waals surface area (Å²) in [5, 5.41) is 0. The maximum atomic E-state index is 12.6. The summed E-state index contributed by atoms with van der Waals surface area (Å²) in [6.07, 6.45) is -1.03. The number of esters is 2. The summed E-state index contributed by atoms with van der Waals surface area (Å²) in [5.74, 6) is -1.06. The maximum absolute atomic E-state index is 12.6. The largest absolute Gasteiger partial charge is 0.482 e. The molecule has 0 saturated carbocycles. The molecule has 2 rings (SSSR count). The summed E-state index contributed by atoms with van der Waals surface area (Å²) >= 11 is 0. The molecule has 0 aliphatic carbocycles. The molecule has 0 fully saturated rings. The van der Waals surface area contributed by atoms with Crippen LogP contribution in [0.25, 0.3) is 0 Å². The van der Waals surface area contributed by atoms with Gasteiger partial charge in [0, 0.05) is 5.69 Å². The van der Waals surface area contributed by atoms with Crippen molar-refractivity contribution < 1.29 is 28.6 Å². The predicted octanol–water partition coefficient (Wildman–Crippen LogP) is 3.23. The standard InChI is InChI=1S/C21H25NO6/c1-11-7-12(2)9-16(8-11)27-10-17(23)28-15(5)20(24)19-13(3)18(14(4)22-19)21(25)26-6/h7-9,15,22H,10H2,1-6H3/t15-/m1/s1. The van der Waals surface area contributed by atoms with Crippen molar-refractivity contribution in [2.45, 2.75) is 40.7 Å². The third-order valence-electron chi connectivity index (χ3n) is 4.30. The molecular formula is C21H25NO6. The van der Waals surface area contributed by atoms with Crippen LogP contribution < -0.4 is 4.74 Å². The highest BCUT2D eigenvalue weighted by molar-refractivity contribution is 6.03. The van der Waals surface area contributed by atoms with E-state index in [1.807, 2.05) is 32.0 Å². The number of Topliss-reactive ketones (excluding diaryl/α,β-unsaturated/α-hetero) is 1. The Morgan fingerprint density at radius 3 is 2.21 bits per heavy atom. The van der Waals surface area contributed by atoms with Crippen LogP contribution in [-0.4, -0.2) is 42.5 Å². The Morgan fingerprint density at radius 2 is 1.64 bits per heavy atom. The summed E-state index contributed by atoms with van der Waals surface area (Å²) in [5.41, 5.74) is 3.54. The topological polar surface area (TPSA) is 94.7 Å². The van der Waals surface area contributed by atoms with Crippen LogP contribution >= 0.6 is 0 Å². The highest BCUT2D eigenvalue weighted by Gasteiger charge is 2.27. The van der Waals surface area contributed by atoms with Crippen molar-refractivity contribution in [3.8, 4) is 5.75 Å². The molecule has 0 aliphatic heterocycles. The molecule has 28 heavy (non-hydrogen) atoms. The first-order valence-corrected chi connectivity index (χ1v) is 8.86. The summed E-state index contributed by atoms with van der Waals surface area (Å²) in [6, 6.07) is 5.62. The number of aromatic nitrogens is 1. The average Bonchev–Trinajstić information content (AvgIpc) is 2.92. The minimum atomic E-state index is -1.03. The minimum Gasteiger partial charge on any atom is -0.482 e. The van der Waals surface area contributed by atoms with E-state index in [0.717, 1.165) is 11.1 Å². The van der Waals surface area contributed by atoms with Gasteiger partial charge in [-0.1, -0.05) is 6.07 Å². The second-order valence-corrected chi connectivity index (χ2v) is 6.73. The molecular weight excluding hydrogens is 362 g/mol. The lowest BCUT2D eigenvalue weighted by atomic mass is 10.1. The van der Waals surface area contributed by atoms with Gasteiger partial charge in [-0.15, -0.1) is 0 Å². The van der Waals surface area contributed by atoms with Gasteiger partial charge in [0.05, 0.1) is 18.4 Å². The highest BCUT2D eigenvalue weighted by Crippen LogP contribution is 2.21. The fourth-order valence-electron chi connectivity index (χ4n) is 3.05. The first-order valence-electron chi connectivity index (χ1n) is 8.86. The number of aromatic amines is 1.